The van der Waals surface area contributed by atoms with Gasteiger partial charge in [-0.1, -0.05) is 77.8 Å². The highest BCUT2D eigenvalue weighted by atomic mass is 35.5. The molecule has 1 nitrogen and oxygen atoms in total. The topological polar surface area (TPSA) is 12.9 Å². The van der Waals surface area contributed by atoms with Crippen LogP contribution in [0, 0.1) is 0 Å². The fraction of sp³-hybridized carbons (Fsp3) is 0.118. The first-order chi connectivity index (χ1) is 10.1. The summed E-state index contributed by atoms with van der Waals surface area (Å²) in [6, 6.07) is 18.1. The molecule has 1 aromatic heterocycles. The van der Waals surface area contributed by atoms with E-state index in [1.54, 1.807) is 0 Å². The molecule has 1 unspecified atom stereocenters. The van der Waals surface area contributed by atoms with Crippen LogP contribution < -0.4 is 0 Å². The molecule has 2 aromatic carbocycles. The van der Waals surface area contributed by atoms with Crippen LogP contribution in [0.25, 0.3) is 22.0 Å². The molecule has 4 heteroatoms. The molecule has 0 saturated carbocycles. The van der Waals surface area contributed by atoms with Crippen LogP contribution >= 0.6 is 34.8 Å². The molecule has 0 N–H and O–H groups in total. The van der Waals surface area contributed by atoms with Crippen molar-refractivity contribution in [2.75, 3.05) is 0 Å². The average molecular weight is 335 g/mol. The van der Waals surface area contributed by atoms with E-state index in [1.165, 1.54) is 0 Å². The Morgan fingerprint density at radius 3 is 2.19 bits per heavy atom. The van der Waals surface area contributed by atoms with Crippen LogP contribution in [0.4, 0.5) is 0 Å². The van der Waals surface area contributed by atoms with E-state index in [0.717, 1.165) is 27.6 Å². The summed E-state index contributed by atoms with van der Waals surface area (Å²) in [5.74, 6) is 0. The quantitative estimate of drug-likeness (QED) is 0.510. The van der Waals surface area contributed by atoms with Crippen LogP contribution in [-0.4, -0.2) is 4.98 Å². The number of benzene rings is 2. The zero-order valence-electron chi connectivity index (χ0n) is 10.9. The van der Waals surface area contributed by atoms with Gasteiger partial charge in [-0.05, 0) is 5.39 Å². The van der Waals surface area contributed by atoms with Crippen molar-refractivity contribution in [3.63, 3.8) is 0 Å². The number of alkyl halides is 3. The van der Waals surface area contributed by atoms with Crippen molar-refractivity contribution >= 4 is 45.6 Å². The van der Waals surface area contributed by atoms with Gasteiger partial charge in [0.15, 0.2) is 4.33 Å². The smallest absolute Gasteiger partial charge is 0.180 e. The monoisotopic (exact) mass is 333 g/mol. The van der Waals surface area contributed by atoms with E-state index >= 15 is 0 Å². The number of halogens is 3. The molecule has 0 bridgehead atoms. The van der Waals surface area contributed by atoms with Gasteiger partial charge in [0.25, 0.3) is 0 Å². The van der Waals surface area contributed by atoms with Crippen LogP contribution in [-0.2, 0) is 4.33 Å². The highest BCUT2D eigenvalue weighted by Crippen LogP contribution is 2.61. The van der Waals surface area contributed by atoms with Gasteiger partial charge in [-0.15, -0.1) is 11.6 Å². The van der Waals surface area contributed by atoms with Crippen molar-refractivity contribution < 1.29 is 0 Å². The van der Waals surface area contributed by atoms with Gasteiger partial charge in [-0.2, -0.15) is 0 Å². The minimum absolute atomic E-state index is 0.432. The highest BCUT2D eigenvalue weighted by Gasteiger charge is 2.51. The third-order valence-corrected chi connectivity index (χ3v) is 5.45. The van der Waals surface area contributed by atoms with E-state index in [-0.39, 0.29) is 0 Å². The van der Waals surface area contributed by atoms with Gasteiger partial charge in [0.1, 0.15) is 0 Å². The third kappa shape index (κ3) is 1.81. The molecule has 0 radical (unpaired) electrons. The van der Waals surface area contributed by atoms with Crippen molar-refractivity contribution in [1.29, 1.82) is 0 Å². The number of rotatable bonds is 1. The summed E-state index contributed by atoms with van der Waals surface area (Å²) in [4.78, 5) is 4.71. The molecule has 21 heavy (non-hydrogen) atoms. The predicted octanol–water partition coefficient (Wildman–Crippen LogP) is 5.83. The standard InChI is InChI=1S/C17H10Cl3N/c18-15-13-11-8-4-5-9-12(11)14(10-6-2-1-3-7-10)21-16(13)17(15,19)20/h1-9,15H. The van der Waals surface area contributed by atoms with Crippen LogP contribution in [0.15, 0.2) is 54.6 Å². The second-order valence-corrected chi connectivity index (χ2v) is 6.94. The molecule has 1 aliphatic carbocycles. The molecular weight excluding hydrogens is 325 g/mol. The Hall–Kier alpha value is -1.28. The molecule has 0 aliphatic heterocycles. The second-order valence-electron chi connectivity index (χ2n) is 5.12. The Bertz CT molecular complexity index is 843. The summed E-state index contributed by atoms with van der Waals surface area (Å²) >= 11 is 19.0. The first-order valence-corrected chi connectivity index (χ1v) is 7.80. The maximum atomic E-state index is 6.34. The Labute approximate surface area is 137 Å². The molecule has 0 spiro atoms. The Morgan fingerprint density at radius 2 is 1.48 bits per heavy atom. The number of hydrogen-bond donors (Lipinski definition) is 0. The zero-order chi connectivity index (χ0) is 14.6. The molecular formula is C17H10Cl3N. The molecule has 104 valence electrons. The molecule has 4 rings (SSSR count). The number of fused-ring (bicyclic) bond motifs is 3. The van der Waals surface area contributed by atoms with Gasteiger partial charge in [0.05, 0.1) is 16.8 Å². The molecule has 1 atom stereocenters. The van der Waals surface area contributed by atoms with Crippen LogP contribution in [0.2, 0.25) is 0 Å². The van der Waals surface area contributed by atoms with Gasteiger partial charge < -0.3 is 0 Å². The summed E-state index contributed by atoms with van der Waals surface area (Å²) < 4.78 is -1.12. The lowest BCUT2D eigenvalue weighted by Gasteiger charge is -2.38. The zero-order valence-corrected chi connectivity index (χ0v) is 13.1. The fourth-order valence-corrected chi connectivity index (χ4v) is 3.67. The van der Waals surface area contributed by atoms with Crippen molar-refractivity contribution in [2.24, 2.45) is 0 Å². The van der Waals surface area contributed by atoms with E-state index in [9.17, 15) is 0 Å². The molecule has 0 amide bonds. The maximum absolute atomic E-state index is 6.34. The minimum atomic E-state index is -1.12. The molecule has 1 heterocycles. The predicted molar refractivity (Wildman–Crippen MR) is 89.2 cm³/mol. The fourth-order valence-electron chi connectivity index (χ4n) is 2.83. The Kier molecular flexibility index (Phi) is 2.94. The lowest BCUT2D eigenvalue weighted by Crippen LogP contribution is -2.32. The van der Waals surface area contributed by atoms with Gasteiger partial charge in [-0.3, -0.25) is 0 Å². The van der Waals surface area contributed by atoms with Crippen LogP contribution in [0.3, 0.4) is 0 Å². The number of nitrogens with zero attached hydrogens (tertiary/aromatic N) is 1. The van der Waals surface area contributed by atoms with Crippen LogP contribution in [0.1, 0.15) is 16.6 Å². The normalized spacial score (nSPS) is 19.1. The van der Waals surface area contributed by atoms with Crippen molar-refractivity contribution in [3.8, 4) is 11.3 Å². The van der Waals surface area contributed by atoms with E-state index in [4.69, 9.17) is 39.8 Å². The number of hydrogen-bond acceptors (Lipinski definition) is 1. The van der Waals surface area contributed by atoms with E-state index in [1.807, 2.05) is 48.5 Å². The maximum Gasteiger partial charge on any atom is 0.180 e. The summed E-state index contributed by atoms with van der Waals surface area (Å²) in [6.07, 6.45) is 0. The summed E-state index contributed by atoms with van der Waals surface area (Å²) in [7, 11) is 0. The molecule has 1 aliphatic rings. The number of aromatic nitrogens is 1. The SMILES string of the molecule is ClC1c2c(nc(-c3ccccc3)c3ccccc23)C1(Cl)Cl. The highest BCUT2D eigenvalue weighted by molar-refractivity contribution is 6.54. The van der Waals surface area contributed by atoms with Crippen molar-refractivity contribution in [2.45, 2.75) is 9.71 Å². The van der Waals surface area contributed by atoms with Gasteiger partial charge >= 0.3 is 0 Å². The Morgan fingerprint density at radius 1 is 0.857 bits per heavy atom. The lowest BCUT2D eigenvalue weighted by molar-refractivity contribution is 0.673. The van der Waals surface area contributed by atoms with E-state index in [2.05, 4.69) is 6.07 Å². The summed E-state index contributed by atoms with van der Waals surface area (Å²) in [6.45, 7) is 0. The van der Waals surface area contributed by atoms with Crippen molar-refractivity contribution in [3.05, 3.63) is 65.9 Å². The molecule has 3 aromatic rings. The lowest BCUT2D eigenvalue weighted by atomic mass is 9.86. The first-order valence-electron chi connectivity index (χ1n) is 6.61. The number of pyridine rings is 1. The summed E-state index contributed by atoms with van der Waals surface area (Å²) in [5.41, 5.74) is 3.54. The van der Waals surface area contributed by atoms with Gasteiger partial charge in [0, 0.05) is 16.5 Å². The molecule has 0 fully saturated rings. The summed E-state index contributed by atoms with van der Waals surface area (Å²) in [5, 5.41) is 1.70. The minimum Gasteiger partial charge on any atom is -0.249 e. The third-order valence-electron chi connectivity index (χ3n) is 3.89. The van der Waals surface area contributed by atoms with Crippen LogP contribution in [0.5, 0.6) is 0 Å². The largest absolute Gasteiger partial charge is 0.249 e. The first kappa shape index (κ1) is 13.4. The second kappa shape index (κ2) is 4.61. The van der Waals surface area contributed by atoms with Gasteiger partial charge in [-0.25, -0.2) is 4.98 Å². The molecule has 0 saturated heterocycles. The van der Waals surface area contributed by atoms with E-state index in [0.29, 0.717) is 5.69 Å². The Balaban J connectivity index is 2.10. The van der Waals surface area contributed by atoms with Crippen molar-refractivity contribution in [1.82, 2.24) is 4.98 Å². The van der Waals surface area contributed by atoms with Gasteiger partial charge in [0.2, 0.25) is 0 Å². The average Bonchev–Trinajstić information content (AvgIpc) is 2.53. The van der Waals surface area contributed by atoms with E-state index < -0.39 is 9.71 Å².